The van der Waals surface area contributed by atoms with Crippen LogP contribution >= 0.6 is 0 Å². The zero-order valence-corrected chi connectivity index (χ0v) is 17.8. The van der Waals surface area contributed by atoms with Gasteiger partial charge in [0, 0.05) is 26.2 Å². The standard InChI is InChI=1S/C21H32N2O4S/c1-3-27-21(24)20(16-17-6-4-5-7-17)18-8-10-19(11-9-18)28(25,26)23-14-12-22(2)13-15-23/h8-11,17,20H,3-7,12-16H2,1-2H3/t20-/m1/s1. The van der Waals surface area contributed by atoms with Crippen LogP contribution in [0.4, 0.5) is 0 Å². The Morgan fingerprint density at radius 2 is 1.71 bits per heavy atom. The molecule has 1 saturated carbocycles. The third-order valence-electron chi connectivity index (χ3n) is 6.00. The van der Waals surface area contributed by atoms with E-state index >= 15 is 0 Å². The molecule has 3 rings (SSSR count). The zero-order chi connectivity index (χ0) is 20.1. The van der Waals surface area contributed by atoms with Crippen LogP contribution in [0.3, 0.4) is 0 Å². The molecule has 156 valence electrons. The monoisotopic (exact) mass is 408 g/mol. The number of benzene rings is 1. The predicted molar refractivity (Wildman–Crippen MR) is 109 cm³/mol. The Labute approximate surface area is 168 Å². The van der Waals surface area contributed by atoms with Crippen LogP contribution in [0.1, 0.15) is 50.5 Å². The molecule has 0 spiro atoms. The van der Waals surface area contributed by atoms with E-state index in [2.05, 4.69) is 4.90 Å². The highest BCUT2D eigenvalue weighted by molar-refractivity contribution is 7.89. The van der Waals surface area contributed by atoms with Crippen molar-refractivity contribution in [3.63, 3.8) is 0 Å². The Kier molecular flexibility index (Phi) is 7.12. The van der Waals surface area contributed by atoms with Gasteiger partial charge < -0.3 is 9.64 Å². The fourth-order valence-electron chi connectivity index (χ4n) is 4.24. The number of sulfonamides is 1. The molecule has 0 unspecified atom stereocenters. The minimum absolute atomic E-state index is 0.205. The molecular weight excluding hydrogens is 376 g/mol. The van der Waals surface area contributed by atoms with E-state index in [1.807, 2.05) is 14.0 Å². The van der Waals surface area contributed by atoms with Gasteiger partial charge in [0.15, 0.2) is 0 Å². The van der Waals surface area contributed by atoms with Crippen molar-refractivity contribution < 1.29 is 17.9 Å². The van der Waals surface area contributed by atoms with Crippen LogP contribution in [-0.4, -0.2) is 63.4 Å². The largest absolute Gasteiger partial charge is 0.466 e. The predicted octanol–water partition coefficient (Wildman–Crippen LogP) is 2.85. The number of esters is 1. The molecule has 6 nitrogen and oxygen atoms in total. The molecular formula is C21H32N2O4S. The molecule has 0 aromatic heterocycles. The van der Waals surface area contributed by atoms with Crippen LogP contribution in [0.2, 0.25) is 0 Å². The fraction of sp³-hybridized carbons (Fsp3) is 0.667. The lowest BCUT2D eigenvalue weighted by Crippen LogP contribution is -2.47. The number of nitrogens with zero attached hydrogens (tertiary/aromatic N) is 2. The smallest absolute Gasteiger partial charge is 0.313 e. The summed E-state index contributed by atoms with van der Waals surface area (Å²) in [5.74, 6) is 0.0238. The SMILES string of the molecule is CCOC(=O)[C@H](CC1CCCC1)c1ccc(S(=O)(=O)N2CCN(C)CC2)cc1. The molecule has 28 heavy (non-hydrogen) atoms. The van der Waals surface area contributed by atoms with E-state index in [4.69, 9.17) is 4.74 Å². The van der Waals surface area contributed by atoms with Crippen molar-refractivity contribution in [2.75, 3.05) is 39.8 Å². The van der Waals surface area contributed by atoms with Crippen LogP contribution in [0.25, 0.3) is 0 Å². The summed E-state index contributed by atoms with van der Waals surface area (Å²) >= 11 is 0. The molecule has 2 fully saturated rings. The number of rotatable bonds is 7. The number of carbonyl (C=O) groups is 1. The van der Waals surface area contributed by atoms with E-state index in [1.54, 1.807) is 28.6 Å². The van der Waals surface area contributed by atoms with Crippen LogP contribution in [0.5, 0.6) is 0 Å². The van der Waals surface area contributed by atoms with Crippen molar-refractivity contribution >= 4 is 16.0 Å². The number of hydrogen-bond acceptors (Lipinski definition) is 5. The average molecular weight is 409 g/mol. The van der Waals surface area contributed by atoms with Gasteiger partial charge in [0.1, 0.15) is 0 Å². The van der Waals surface area contributed by atoms with Crippen LogP contribution in [0.15, 0.2) is 29.2 Å². The van der Waals surface area contributed by atoms with E-state index in [9.17, 15) is 13.2 Å². The van der Waals surface area contributed by atoms with E-state index in [0.717, 1.165) is 37.9 Å². The summed E-state index contributed by atoms with van der Waals surface area (Å²) in [6.07, 6.45) is 5.55. The van der Waals surface area contributed by atoms with Gasteiger partial charge in [-0.2, -0.15) is 4.31 Å². The first-order valence-electron chi connectivity index (χ1n) is 10.4. The van der Waals surface area contributed by atoms with Gasteiger partial charge in [-0.3, -0.25) is 4.79 Å². The first-order valence-corrected chi connectivity index (χ1v) is 11.8. The van der Waals surface area contributed by atoms with Crippen LogP contribution < -0.4 is 0 Å². The molecule has 0 amide bonds. The van der Waals surface area contributed by atoms with Gasteiger partial charge in [-0.25, -0.2) is 8.42 Å². The van der Waals surface area contributed by atoms with Crippen LogP contribution in [-0.2, 0) is 19.6 Å². The van der Waals surface area contributed by atoms with Crippen molar-refractivity contribution in [2.45, 2.75) is 49.8 Å². The third kappa shape index (κ3) is 4.93. The van der Waals surface area contributed by atoms with E-state index in [0.29, 0.717) is 30.5 Å². The molecule has 1 aliphatic heterocycles. The van der Waals surface area contributed by atoms with Gasteiger partial charge >= 0.3 is 5.97 Å². The number of hydrogen-bond donors (Lipinski definition) is 0. The van der Waals surface area contributed by atoms with Crippen molar-refractivity contribution in [3.8, 4) is 0 Å². The van der Waals surface area contributed by atoms with Gasteiger partial charge in [0.25, 0.3) is 0 Å². The second-order valence-electron chi connectivity index (χ2n) is 7.97. The molecule has 1 saturated heterocycles. The van der Waals surface area contributed by atoms with Gasteiger partial charge in [-0.15, -0.1) is 0 Å². The van der Waals surface area contributed by atoms with Gasteiger partial charge in [0.05, 0.1) is 17.4 Å². The molecule has 2 aliphatic rings. The van der Waals surface area contributed by atoms with Crippen molar-refractivity contribution in [1.29, 1.82) is 0 Å². The first kappa shape index (κ1) is 21.3. The normalized spacial score (nSPS) is 20.9. The van der Waals surface area contributed by atoms with Gasteiger partial charge in [0.2, 0.25) is 10.0 Å². The van der Waals surface area contributed by atoms with E-state index < -0.39 is 10.0 Å². The van der Waals surface area contributed by atoms with Crippen molar-refractivity contribution in [1.82, 2.24) is 9.21 Å². The van der Waals surface area contributed by atoms with Gasteiger partial charge in [-0.1, -0.05) is 37.8 Å². The molecule has 1 heterocycles. The number of likely N-dealkylation sites (N-methyl/N-ethyl adjacent to an activating group) is 1. The summed E-state index contributed by atoms with van der Waals surface area (Å²) < 4.78 is 32.7. The Morgan fingerprint density at radius 1 is 1.11 bits per heavy atom. The highest BCUT2D eigenvalue weighted by Gasteiger charge is 2.30. The number of carbonyl (C=O) groups excluding carboxylic acids is 1. The summed E-state index contributed by atoms with van der Waals surface area (Å²) in [4.78, 5) is 15.0. The zero-order valence-electron chi connectivity index (χ0n) is 17.0. The lowest BCUT2D eigenvalue weighted by atomic mass is 9.88. The third-order valence-corrected chi connectivity index (χ3v) is 7.91. The Balaban J connectivity index is 1.77. The molecule has 1 aromatic carbocycles. The van der Waals surface area contributed by atoms with Crippen molar-refractivity contribution in [2.24, 2.45) is 5.92 Å². The average Bonchev–Trinajstić information content (AvgIpc) is 3.20. The second-order valence-corrected chi connectivity index (χ2v) is 9.91. The van der Waals surface area contributed by atoms with Crippen molar-refractivity contribution in [3.05, 3.63) is 29.8 Å². The lowest BCUT2D eigenvalue weighted by Gasteiger charge is -2.31. The van der Waals surface area contributed by atoms with Gasteiger partial charge in [-0.05, 0) is 44.0 Å². The number of piperazine rings is 1. The van der Waals surface area contributed by atoms with E-state index in [-0.39, 0.29) is 11.9 Å². The summed E-state index contributed by atoms with van der Waals surface area (Å²) in [6, 6.07) is 6.87. The quantitative estimate of drug-likeness (QED) is 0.649. The fourth-order valence-corrected chi connectivity index (χ4v) is 5.66. The maximum absolute atomic E-state index is 12.9. The second kappa shape index (κ2) is 9.37. The highest BCUT2D eigenvalue weighted by Crippen LogP contribution is 2.35. The molecule has 1 atom stereocenters. The molecule has 1 aromatic rings. The lowest BCUT2D eigenvalue weighted by molar-refractivity contribution is -0.145. The molecule has 0 N–H and O–H groups in total. The molecule has 0 radical (unpaired) electrons. The number of ether oxygens (including phenoxy) is 1. The van der Waals surface area contributed by atoms with Crippen LogP contribution in [0, 0.1) is 5.92 Å². The highest BCUT2D eigenvalue weighted by atomic mass is 32.2. The maximum Gasteiger partial charge on any atom is 0.313 e. The summed E-state index contributed by atoms with van der Waals surface area (Å²) in [7, 11) is -1.49. The first-order chi connectivity index (χ1) is 13.4. The topological polar surface area (TPSA) is 66.9 Å². The Morgan fingerprint density at radius 3 is 2.29 bits per heavy atom. The van der Waals surface area contributed by atoms with E-state index in [1.165, 1.54) is 12.8 Å². The summed E-state index contributed by atoms with van der Waals surface area (Å²) in [5.41, 5.74) is 0.850. The summed E-state index contributed by atoms with van der Waals surface area (Å²) in [6.45, 7) is 4.67. The molecule has 1 aliphatic carbocycles. The minimum atomic E-state index is -3.49. The summed E-state index contributed by atoms with van der Waals surface area (Å²) in [5, 5.41) is 0. The minimum Gasteiger partial charge on any atom is -0.466 e. The molecule has 7 heteroatoms. The molecule has 0 bridgehead atoms. The Hall–Kier alpha value is -1.44. The maximum atomic E-state index is 12.9. The Bertz CT molecular complexity index is 749.